The third-order valence-corrected chi connectivity index (χ3v) is 2.76. The lowest BCUT2D eigenvalue weighted by molar-refractivity contribution is 0.693. The van der Waals surface area contributed by atoms with Gasteiger partial charge in [0.15, 0.2) is 0 Å². The highest BCUT2D eigenvalue weighted by Crippen LogP contribution is 2.17. The van der Waals surface area contributed by atoms with Gasteiger partial charge in [0, 0.05) is 18.7 Å². The molecule has 1 heterocycles. The van der Waals surface area contributed by atoms with Crippen molar-refractivity contribution in [1.82, 2.24) is 9.78 Å². The predicted molar refractivity (Wildman–Crippen MR) is 58.5 cm³/mol. The van der Waals surface area contributed by atoms with E-state index in [1.54, 1.807) is 11.8 Å². The van der Waals surface area contributed by atoms with Gasteiger partial charge in [-0.3, -0.25) is 4.68 Å². The van der Waals surface area contributed by atoms with Crippen LogP contribution >= 0.6 is 23.4 Å². The van der Waals surface area contributed by atoms with Gasteiger partial charge < -0.3 is 0 Å². The lowest BCUT2D eigenvalue weighted by Crippen LogP contribution is -1.92. The Morgan fingerprint density at radius 3 is 2.92 bits per heavy atom. The van der Waals surface area contributed by atoms with Crippen molar-refractivity contribution in [3.05, 3.63) is 23.9 Å². The fourth-order valence-electron chi connectivity index (χ4n) is 0.986. The van der Waals surface area contributed by atoms with Crippen LogP contribution in [-0.4, -0.2) is 21.4 Å². The summed E-state index contributed by atoms with van der Waals surface area (Å²) in [5.74, 6) is 1.54. The highest BCUT2D eigenvalue weighted by atomic mass is 35.5. The molecule has 1 rings (SSSR count). The van der Waals surface area contributed by atoms with Crippen LogP contribution in [0, 0.1) is 6.92 Å². The minimum atomic E-state index is 0.588. The van der Waals surface area contributed by atoms with E-state index in [2.05, 4.69) is 17.2 Å². The second-order valence-corrected chi connectivity index (χ2v) is 4.03. The fraction of sp³-hybridized carbons (Fsp3) is 0.444. The topological polar surface area (TPSA) is 17.8 Å². The first kappa shape index (κ1) is 10.7. The number of allylic oxidation sites excluding steroid dienone is 1. The molecule has 0 bridgehead atoms. The highest BCUT2D eigenvalue weighted by molar-refractivity contribution is 7.99. The van der Waals surface area contributed by atoms with Crippen LogP contribution in [0.2, 0.25) is 0 Å². The number of hydrogen-bond donors (Lipinski definition) is 0. The maximum absolute atomic E-state index is 5.51. The Balaban J connectivity index is 2.45. The van der Waals surface area contributed by atoms with Gasteiger partial charge in [-0.1, -0.05) is 12.2 Å². The highest BCUT2D eigenvalue weighted by Gasteiger charge is 1.99. The van der Waals surface area contributed by atoms with Gasteiger partial charge in [0.1, 0.15) is 0 Å². The maximum Gasteiger partial charge on any atom is 0.0942 e. The second-order valence-electron chi connectivity index (χ2n) is 2.68. The quantitative estimate of drug-likeness (QED) is 0.438. The number of nitrogens with zero attached hydrogens (tertiary/aromatic N) is 2. The van der Waals surface area contributed by atoms with E-state index in [-0.39, 0.29) is 0 Å². The maximum atomic E-state index is 5.51. The molecular formula is C9H13ClN2S. The summed E-state index contributed by atoms with van der Waals surface area (Å²) in [6, 6.07) is 2.08. The molecule has 13 heavy (non-hydrogen) atoms. The summed E-state index contributed by atoms with van der Waals surface area (Å²) in [5.41, 5.74) is 1.06. The Bertz CT molecular complexity index is 294. The summed E-state index contributed by atoms with van der Waals surface area (Å²) in [6.07, 6.45) is 4.03. The molecular weight excluding hydrogens is 204 g/mol. The Kier molecular flexibility index (Phi) is 4.39. The van der Waals surface area contributed by atoms with Gasteiger partial charge in [0.05, 0.1) is 10.7 Å². The van der Waals surface area contributed by atoms with Crippen LogP contribution in [0.15, 0.2) is 23.2 Å². The number of halogens is 1. The Morgan fingerprint density at radius 2 is 2.38 bits per heavy atom. The SMILES string of the molecule is Cc1cc(SCC=CCCl)n(C)n1. The van der Waals surface area contributed by atoms with Crippen LogP contribution in [0.1, 0.15) is 5.69 Å². The largest absolute Gasteiger partial charge is 0.262 e. The number of rotatable bonds is 4. The molecule has 1 aromatic rings. The Labute approximate surface area is 88.0 Å². The van der Waals surface area contributed by atoms with Crippen molar-refractivity contribution < 1.29 is 0 Å². The van der Waals surface area contributed by atoms with E-state index in [4.69, 9.17) is 11.6 Å². The number of aromatic nitrogens is 2. The van der Waals surface area contributed by atoms with E-state index in [1.807, 2.05) is 24.7 Å². The van der Waals surface area contributed by atoms with Gasteiger partial charge >= 0.3 is 0 Å². The van der Waals surface area contributed by atoms with Crippen LogP contribution in [0.5, 0.6) is 0 Å². The molecule has 0 aliphatic heterocycles. The molecule has 2 nitrogen and oxygen atoms in total. The zero-order chi connectivity index (χ0) is 9.68. The Morgan fingerprint density at radius 1 is 1.62 bits per heavy atom. The first-order valence-electron chi connectivity index (χ1n) is 4.08. The van der Waals surface area contributed by atoms with E-state index in [0.29, 0.717) is 5.88 Å². The average Bonchev–Trinajstić information content (AvgIpc) is 2.39. The third-order valence-electron chi connectivity index (χ3n) is 1.54. The standard InChI is InChI=1S/C9H13ClN2S/c1-8-7-9(12(2)11-8)13-6-4-3-5-10/h3-4,7H,5-6H2,1-2H3. The number of alkyl halides is 1. The number of aryl methyl sites for hydroxylation is 2. The van der Waals surface area contributed by atoms with Crippen LogP contribution in [0.25, 0.3) is 0 Å². The summed E-state index contributed by atoms with van der Waals surface area (Å²) < 4.78 is 1.90. The van der Waals surface area contributed by atoms with Crippen molar-refractivity contribution in [2.75, 3.05) is 11.6 Å². The molecule has 0 aromatic carbocycles. The van der Waals surface area contributed by atoms with Crippen LogP contribution in [-0.2, 0) is 7.05 Å². The van der Waals surface area contributed by atoms with E-state index in [0.717, 1.165) is 11.4 Å². The van der Waals surface area contributed by atoms with Gasteiger partial charge in [-0.15, -0.1) is 23.4 Å². The molecule has 0 amide bonds. The molecule has 0 spiro atoms. The van der Waals surface area contributed by atoms with Gasteiger partial charge in [-0.2, -0.15) is 5.10 Å². The van der Waals surface area contributed by atoms with Gasteiger partial charge in [-0.25, -0.2) is 0 Å². The van der Waals surface area contributed by atoms with Crippen molar-refractivity contribution in [3.63, 3.8) is 0 Å². The van der Waals surface area contributed by atoms with Crippen LogP contribution in [0.4, 0.5) is 0 Å². The summed E-state index contributed by atoms with van der Waals surface area (Å²) in [6.45, 7) is 2.00. The second kappa shape index (κ2) is 5.35. The molecule has 4 heteroatoms. The molecule has 0 aliphatic rings. The molecule has 1 aromatic heterocycles. The molecule has 0 saturated carbocycles. The van der Waals surface area contributed by atoms with Crippen molar-refractivity contribution >= 4 is 23.4 Å². The Hall–Kier alpha value is -0.410. The molecule has 0 atom stereocenters. The van der Waals surface area contributed by atoms with E-state index in [1.165, 1.54) is 5.03 Å². The molecule has 0 aliphatic carbocycles. The zero-order valence-electron chi connectivity index (χ0n) is 7.83. The molecule has 0 radical (unpaired) electrons. The summed E-state index contributed by atoms with van der Waals surface area (Å²) in [7, 11) is 1.96. The normalized spacial score (nSPS) is 11.3. The average molecular weight is 217 g/mol. The lowest BCUT2D eigenvalue weighted by Gasteiger charge is -1.96. The summed E-state index contributed by atoms with van der Waals surface area (Å²) >= 11 is 7.27. The van der Waals surface area contributed by atoms with Crippen LogP contribution in [0.3, 0.4) is 0 Å². The van der Waals surface area contributed by atoms with E-state index >= 15 is 0 Å². The molecule has 0 saturated heterocycles. The molecule has 0 N–H and O–H groups in total. The van der Waals surface area contributed by atoms with Crippen molar-refractivity contribution in [3.8, 4) is 0 Å². The van der Waals surface area contributed by atoms with Crippen molar-refractivity contribution in [2.24, 2.45) is 7.05 Å². The zero-order valence-corrected chi connectivity index (χ0v) is 9.40. The van der Waals surface area contributed by atoms with Crippen LogP contribution < -0.4 is 0 Å². The fourth-order valence-corrected chi connectivity index (χ4v) is 2.00. The third kappa shape index (κ3) is 3.44. The lowest BCUT2D eigenvalue weighted by atomic mass is 10.5. The van der Waals surface area contributed by atoms with E-state index < -0.39 is 0 Å². The minimum Gasteiger partial charge on any atom is -0.262 e. The summed E-state index contributed by atoms with van der Waals surface area (Å²) in [4.78, 5) is 0. The predicted octanol–water partition coefficient (Wildman–Crippen LogP) is 2.62. The van der Waals surface area contributed by atoms with Gasteiger partial charge in [0.2, 0.25) is 0 Å². The van der Waals surface area contributed by atoms with E-state index in [9.17, 15) is 0 Å². The van der Waals surface area contributed by atoms with Gasteiger partial charge in [0.25, 0.3) is 0 Å². The van der Waals surface area contributed by atoms with Crippen molar-refractivity contribution in [2.45, 2.75) is 11.9 Å². The minimum absolute atomic E-state index is 0.588. The number of thioether (sulfide) groups is 1. The molecule has 0 fully saturated rings. The monoisotopic (exact) mass is 216 g/mol. The summed E-state index contributed by atoms with van der Waals surface area (Å²) in [5, 5.41) is 5.45. The van der Waals surface area contributed by atoms with Crippen molar-refractivity contribution in [1.29, 1.82) is 0 Å². The smallest absolute Gasteiger partial charge is 0.0942 e. The first-order valence-corrected chi connectivity index (χ1v) is 5.60. The van der Waals surface area contributed by atoms with Gasteiger partial charge in [-0.05, 0) is 13.0 Å². The molecule has 0 unspecified atom stereocenters. The number of hydrogen-bond acceptors (Lipinski definition) is 2. The first-order chi connectivity index (χ1) is 6.24. The molecule has 72 valence electrons.